The molecule has 0 unspecified atom stereocenters. The predicted octanol–water partition coefficient (Wildman–Crippen LogP) is 4.88. The molecule has 1 N–H and O–H groups in total. The molecule has 0 saturated carbocycles. The Labute approximate surface area is 277 Å². The van der Waals surface area contributed by atoms with Crippen molar-refractivity contribution in [3.63, 3.8) is 0 Å². The van der Waals surface area contributed by atoms with Gasteiger partial charge in [0, 0.05) is 26.1 Å². The molecular weight excluding hydrogens is 604 g/mol. The lowest BCUT2D eigenvalue weighted by Gasteiger charge is -2.19. The van der Waals surface area contributed by atoms with Gasteiger partial charge in [0.05, 0.1) is 66.1 Å². The third kappa shape index (κ3) is 12.6. The first-order valence-corrected chi connectivity index (χ1v) is 16.0. The summed E-state index contributed by atoms with van der Waals surface area (Å²) in [7, 11) is 1.71. The van der Waals surface area contributed by atoms with E-state index in [9.17, 15) is 9.59 Å². The molecule has 1 aliphatic rings. The van der Waals surface area contributed by atoms with E-state index in [4.69, 9.17) is 33.2 Å². The molecule has 3 aromatic rings. The van der Waals surface area contributed by atoms with Gasteiger partial charge in [-0.3, -0.25) is 0 Å². The average Bonchev–Trinajstić information content (AvgIpc) is 3.43. The Morgan fingerprint density at radius 3 is 1.68 bits per heavy atom. The van der Waals surface area contributed by atoms with E-state index in [2.05, 4.69) is 29.6 Å². The maximum absolute atomic E-state index is 12.6. The van der Waals surface area contributed by atoms with Crippen molar-refractivity contribution in [2.75, 3.05) is 92.8 Å². The van der Waals surface area contributed by atoms with Crippen molar-refractivity contribution in [2.24, 2.45) is 0 Å². The number of likely N-dealkylation sites (N-methyl/N-ethyl adjacent to an activating group) is 1. The van der Waals surface area contributed by atoms with E-state index in [1.54, 1.807) is 7.05 Å². The van der Waals surface area contributed by atoms with Gasteiger partial charge in [0.15, 0.2) is 0 Å². The smallest absolute Gasteiger partial charge is 0.409 e. The number of ether oxygens (including phenoxy) is 7. The molecule has 4 rings (SSSR count). The number of fused-ring (bicyclic) bond motifs is 3. The maximum atomic E-state index is 12.6. The lowest BCUT2D eigenvalue weighted by Crippen LogP contribution is -2.32. The lowest BCUT2D eigenvalue weighted by molar-refractivity contribution is -0.0117. The average molecular weight is 651 g/mol. The molecule has 2 amide bonds. The second-order valence-corrected chi connectivity index (χ2v) is 10.8. The number of carbonyl (C=O) groups excluding carboxylic acids is 2. The van der Waals surface area contributed by atoms with Gasteiger partial charge in [-0.05, 0) is 27.8 Å². The summed E-state index contributed by atoms with van der Waals surface area (Å²) in [5.41, 5.74) is 5.72. The largest absolute Gasteiger partial charge is 0.448 e. The fraction of sp³-hybridized carbons (Fsp3) is 0.444. The highest BCUT2D eigenvalue weighted by atomic mass is 16.6. The fourth-order valence-corrected chi connectivity index (χ4v) is 4.98. The summed E-state index contributed by atoms with van der Waals surface area (Å²) in [5.74, 6) is 0.0366. The van der Waals surface area contributed by atoms with Crippen LogP contribution < -0.4 is 5.32 Å². The van der Waals surface area contributed by atoms with Crippen LogP contribution in [-0.4, -0.2) is 110 Å². The summed E-state index contributed by atoms with van der Waals surface area (Å²) in [6, 6.07) is 26.1. The Hall–Kier alpha value is -4.00. The van der Waals surface area contributed by atoms with E-state index in [-0.39, 0.29) is 18.6 Å². The fourth-order valence-electron chi connectivity index (χ4n) is 4.98. The molecule has 0 radical (unpaired) electrons. The Morgan fingerprint density at radius 1 is 0.617 bits per heavy atom. The number of nitrogens with one attached hydrogen (secondary N) is 1. The van der Waals surface area contributed by atoms with Crippen LogP contribution in [0.1, 0.15) is 22.6 Å². The summed E-state index contributed by atoms with van der Waals surface area (Å²) >= 11 is 0. The SMILES string of the molecule is CN(CCOCCOCCOCCOCCOCCNC(=O)OCc1ccccc1)C(=O)OCC1c2ccccc2-c2ccccc21. The topological polar surface area (TPSA) is 114 Å². The van der Waals surface area contributed by atoms with Gasteiger partial charge in [0.25, 0.3) is 0 Å². The van der Waals surface area contributed by atoms with Gasteiger partial charge in [-0.25, -0.2) is 9.59 Å². The normalized spacial score (nSPS) is 11.9. The Morgan fingerprint density at radius 2 is 1.11 bits per heavy atom. The van der Waals surface area contributed by atoms with Crippen LogP contribution in [0.3, 0.4) is 0 Å². The second-order valence-electron chi connectivity index (χ2n) is 10.8. The van der Waals surface area contributed by atoms with Gasteiger partial charge >= 0.3 is 12.2 Å². The first-order chi connectivity index (χ1) is 23.1. The monoisotopic (exact) mass is 650 g/mol. The summed E-state index contributed by atoms with van der Waals surface area (Å²) in [4.78, 5) is 25.8. The van der Waals surface area contributed by atoms with Gasteiger partial charge in [-0.15, -0.1) is 0 Å². The van der Waals surface area contributed by atoms with E-state index >= 15 is 0 Å². The molecular formula is C36H46N2O9. The minimum Gasteiger partial charge on any atom is -0.448 e. The Bertz CT molecular complexity index is 1300. The molecule has 11 nitrogen and oxygen atoms in total. The molecule has 0 aliphatic heterocycles. The number of amides is 2. The lowest BCUT2D eigenvalue weighted by atomic mass is 9.98. The highest BCUT2D eigenvalue weighted by Gasteiger charge is 2.29. The number of alkyl carbamates (subject to hydrolysis) is 1. The Balaban J connectivity index is 0.889. The van der Waals surface area contributed by atoms with Crippen LogP contribution in [0, 0.1) is 0 Å². The zero-order valence-corrected chi connectivity index (χ0v) is 27.1. The van der Waals surface area contributed by atoms with Gasteiger partial charge in [0.1, 0.15) is 13.2 Å². The first-order valence-electron chi connectivity index (χ1n) is 16.0. The molecule has 11 heteroatoms. The van der Waals surface area contributed by atoms with Crippen molar-refractivity contribution >= 4 is 12.2 Å². The van der Waals surface area contributed by atoms with Gasteiger partial charge < -0.3 is 43.4 Å². The van der Waals surface area contributed by atoms with Gasteiger partial charge in [-0.2, -0.15) is 0 Å². The van der Waals surface area contributed by atoms with Crippen LogP contribution in [0.15, 0.2) is 78.9 Å². The van der Waals surface area contributed by atoms with Crippen LogP contribution in [0.2, 0.25) is 0 Å². The minimum atomic E-state index is -0.474. The molecule has 0 spiro atoms. The van der Waals surface area contributed by atoms with Crippen LogP contribution >= 0.6 is 0 Å². The van der Waals surface area contributed by atoms with E-state index in [0.717, 1.165) is 5.56 Å². The zero-order valence-electron chi connectivity index (χ0n) is 27.1. The minimum absolute atomic E-state index is 0.0366. The number of benzene rings is 3. The molecule has 0 heterocycles. The summed E-state index contributed by atoms with van der Waals surface area (Å²) in [5, 5.41) is 2.64. The van der Waals surface area contributed by atoms with E-state index in [1.807, 2.05) is 54.6 Å². The first kappa shape index (κ1) is 35.8. The van der Waals surface area contributed by atoms with Crippen molar-refractivity contribution in [1.29, 1.82) is 0 Å². The molecule has 0 atom stereocenters. The van der Waals surface area contributed by atoms with Crippen LogP contribution in [-0.2, 0) is 39.8 Å². The number of nitrogens with zero attached hydrogens (tertiary/aromatic N) is 1. The number of carbonyl (C=O) groups is 2. The van der Waals surface area contributed by atoms with Crippen molar-refractivity contribution in [3.05, 3.63) is 95.6 Å². The van der Waals surface area contributed by atoms with Crippen molar-refractivity contribution in [3.8, 4) is 11.1 Å². The maximum Gasteiger partial charge on any atom is 0.409 e. The Kier molecular flexibility index (Phi) is 16.0. The molecule has 3 aromatic carbocycles. The van der Waals surface area contributed by atoms with E-state index < -0.39 is 6.09 Å². The third-order valence-corrected chi connectivity index (χ3v) is 7.44. The van der Waals surface area contributed by atoms with Crippen molar-refractivity contribution in [2.45, 2.75) is 12.5 Å². The van der Waals surface area contributed by atoms with Gasteiger partial charge in [-0.1, -0.05) is 78.9 Å². The summed E-state index contributed by atoms with van der Waals surface area (Å²) in [6.07, 6.45) is -0.842. The van der Waals surface area contributed by atoms with E-state index in [0.29, 0.717) is 85.8 Å². The number of rotatable bonds is 22. The third-order valence-electron chi connectivity index (χ3n) is 7.44. The van der Waals surface area contributed by atoms with Crippen LogP contribution in [0.4, 0.5) is 9.59 Å². The molecule has 254 valence electrons. The summed E-state index contributed by atoms with van der Waals surface area (Å²) < 4.78 is 38.3. The highest BCUT2D eigenvalue weighted by Crippen LogP contribution is 2.44. The van der Waals surface area contributed by atoms with Crippen molar-refractivity contribution in [1.82, 2.24) is 10.2 Å². The van der Waals surface area contributed by atoms with Crippen molar-refractivity contribution < 1.29 is 42.7 Å². The molecule has 1 aliphatic carbocycles. The zero-order chi connectivity index (χ0) is 32.9. The van der Waals surface area contributed by atoms with Gasteiger partial charge in [0.2, 0.25) is 0 Å². The number of hydrogen-bond acceptors (Lipinski definition) is 9. The molecule has 47 heavy (non-hydrogen) atoms. The standard InChI is InChI=1S/C36H46N2O9/c1-38(36(40)47-28-34-32-13-7-5-11-30(32)31-12-6-8-14-33(31)34)16-18-42-20-22-44-24-26-45-25-23-43-21-19-41-17-15-37-35(39)46-27-29-9-3-2-4-10-29/h2-14,34H,15-28H2,1H3,(H,37,39). The summed E-state index contributed by atoms with van der Waals surface area (Å²) in [6.45, 7) is 5.60. The molecule has 0 aromatic heterocycles. The predicted molar refractivity (Wildman–Crippen MR) is 176 cm³/mol. The van der Waals surface area contributed by atoms with Crippen LogP contribution in [0.25, 0.3) is 11.1 Å². The molecule has 0 bridgehead atoms. The van der Waals surface area contributed by atoms with E-state index in [1.165, 1.54) is 27.2 Å². The van der Waals surface area contributed by atoms with Crippen LogP contribution in [0.5, 0.6) is 0 Å². The number of hydrogen-bond donors (Lipinski definition) is 1. The second kappa shape index (κ2) is 21.0. The highest BCUT2D eigenvalue weighted by molar-refractivity contribution is 5.79. The molecule has 0 fully saturated rings. The quantitative estimate of drug-likeness (QED) is 0.152. The molecule has 0 saturated heterocycles.